The van der Waals surface area contributed by atoms with Gasteiger partial charge < -0.3 is 20.1 Å². The summed E-state index contributed by atoms with van der Waals surface area (Å²) < 4.78 is 22.2. The van der Waals surface area contributed by atoms with Crippen LogP contribution >= 0.6 is 0 Å². The number of amides is 1. The van der Waals surface area contributed by atoms with E-state index in [1.165, 1.54) is 6.07 Å². The van der Waals surface area contributed by atoms with Crippen molar-refractivity contribution < 1.29 is 23.8 Å². The number of carbonyl (C=O) groups is 2. The quantitative estimate of drug-likeness (QED) is 0.646. The summed E-state index contributed by atoms with van der Waals surface area (Å²) in [6, 6.07) is 1.24. The molecule has 1 amide bonds. The molecule has 1 saturated heterocycles. The normalized spacial score (nSPS) is 20.7. The Kier molecular flexibility index (Phi) is 6.55. The largest absolute Gasteiger partial charge is 0.477 e. The molecule has 1 unspecified atom stereocenters. The first-order valence-electron chi connectivity index (χ1n) is 12.3. The van der Waals surface area contributed by atoms with Crippen molar-refractivity contribution in [1.29, 1.82) is 0 Å². The Morgan fingerprint density at radius 3 is 2.51 bits per heavy atom. The van der Waals surface area contributed by atoms with Gasteiger partial charge in [-0.25, -0.2) is 14.0 Å². The molecule has 1 saturated carbocycles. The molecule has 190 valence electrons. The van der Waals surface area contributed by atoms with E-state index in [1.54, 1.807) is 27.7 Å². The number of carbonyl (C=O) groups excluding carboxylic acids is 1. The molecule has 2 aliphatic rings. The topological polar surface area (TPSA) is 100 Å². The van der Waals surface area contributed by atoms with E-state index in [1.807, 2.05) is 4.90 Å². The highest BCUT2D eigenvalue weighted by atomic mass is 19.1. The Morgan fingerprint density at radius 2 is 1.94 bits per heavy atom. The number of hydrogen-bond acceptors (Lipinski definition) is 5. The standard InChI is InChI=1S/C26H34FN3O5/c1-6-15-9-10-29(13-20(15)28-25(34)35-26(3,4)5)22-14(2)21-17(16-7-8-16)11-18(24(32)33)23(31)30(21)12-19(22)27/h11-12,15-16,20H,6-10,13H2,1-5H3,(H,28,34)(H,32,33)/t15?,20-/m1/s1. The Hall–Kier alpha value is -3.10. The Bertz CT molecular complexity index is 1230. The number of anilines is 1. The summed E-state index contributed by atoms with van der Waals surface area (Å²) in [5.74, 6) is -1.52. The number of halogens is 1. The number of fused-ring (bicyclic) bond motifs is 1. The predicted octanol–water partition coefficient (Wildman–Crippen LogP) is 4.45. The number of piperidine rings is 1. The summed E-state index contributed by atoms with van der Waals surface area (Å²) in [6.07, 6.45) is 4.06. The molecule has 2 aromatic heterocycles. The zero-order valence-electron chi connectivity index (χ0n) is 21.0. The molecule has 0 spiro atoms. The number of aromatic nitrogens is 1. The van der Waals surface area contributed by atoms with Crippen LogP contribution in [-0.4, -0.2) is 46.3 Å². The lowest BCUT2D eigenvalue weighted by atomic mass is 9.88. The summed E-state index contributed by atoms with van der Waals surface area (Å²) >= 11 is 0. The molecule has 2 N–H and O–H groups in total. The van der Waals surface area contributed by atoms with Crippen LogP contribution in [0.1, 0.15) is 80.8 Å². The molecular formula is C26H34FN3O5. The van der Waals surface area contributed by atoms with E-state index in [9.17, 15) is 19.5 Å². The predicted molar refractivity (Wildman–Crippen MR) is 131 cm³/mol. The van der Waals surface area contributed by atoms with Crippen molar-refractivity contribution in [3.8, 4) is 0 Å². The number of nitrogens with one attached hydrogen (secondary N) is 1. The average molecular weight is 488 g/mol. The SMILES string of the molecule is CCC1CCN(c2c(F)cn3c(=O)c(C(=O)O)cc(C4CC4)c3c2C)C[C@H]1NC(=O)OC(C)(C)C. The molecule has 2 atom stereocenters. The molecule has 8 nitrogen and oxygen atoms in total. The van der Waals surface area contributed by atoms with Gasteiger partial charge in [0.15, 0.2) is 5.82 Å². The van der Waals surface area contributed by atoms with Crippen molar-refractivity contribution in [3.63, 3.8) is 0 Å². The summed E-state index contributed by atoms with van der Waals surface area (Å²) in [5, 5.41) is 12.5. The minimum Gasteiger partial charge on any atom is -0.477 e. The van der Waals surface area contributed by atoms with Crippen LogP contribution in [0.3, 0.4) is 0 Å². The number of rotatable bonds is 5. The maximum absolute atomic E-state index is 15.6. The number of aryl methyl sites for hydroxylation is 1. The molecule has 2 fully saturated rings. The van der Waals surface area contributed by atoms with Crippen molar-refractivity contribution >= 4 is 23.3 Å². The average Bonchev–Trinajstić information content (AvgIpc) is 3.58. The lowest BCUT2D eigenvalue weighted by Crippen LogP contribution is -2.53. The van der Waals surface area contributed by atoms with Gasteiger partial charge in [0.25, 0.3) is 5.56 Å². The van der Waals surface area contributed by atoms with Crippen LogP contribution in [0.4, 0.5) is 14.9 Å². The fraction of sp³-hybridized carbons (Fsp3) is 0.577. The minimum atomic E-state index is -1.31. The minimum absolute atomic E-state index is 0.160. The van der Waals surface area contributed by atoms with Gasteiger partial charge in [-0.2, -0.15) is 0 Å². The van der Waals surface area contributed by atoms with Gasteiger partial charge in [-0.05, 0) is 76.0 Å². The number of ether oxygens (including phenoxy) is 1. The molecule has 1 aliphatic carbocycles. The van der Waals surface area contributed by atoms with Crippen molar-refractivity contribution in [3.05, 3.63) is 45.1 Å². The van der Waals surface area contributed by atoms with Gasteiger partial charge in [0.2, 0.25) is 0 Å². The molecule has 2 aromatic rings. The van der Waals surface area contributed by atoms with Gasteiger partial charge in [0, 0.05) is 13.1 Å². The summed E-state index contributed by atoms with van der Waals surface area (Å²) in [7, 11) is 0. The molecule has 1 aliphatic heterocycles. The highest BCUT2D eigenvalue weighted by molar-refractivity contribution is 5.89. The highest BCUT2D eigenvalue weighted by Gasteiger charge is 2.34. The van der Waals surface area contributed by atoms with Crippen LogP contribution in [0, 0.1) is 18.7 Å². The molecule has 0 bridgehead atoms. The molecule has 9 heteroatoms. The number of pyridine rings is 2. The summed E-state index contributed by atoms with van der Waals surface area (Å²) in [5.41, 5.74) is 0.635. The van der Waals surface area contributed by atoms with E-state index in [0.29, 0.717) is 29.9 Å². The van der Waals surface area contributed by atoms with Crippen LogP contribution in [0.2, 0.25) is 0 Å². The molecular weight excluding hydrogens is 453 g/mol. The van der Waals surface area contributed by atoms with E-state index in [4.69, 9.17) is 4.74 Å². The Labute approximate surface area is 204 Å². The second-order valence-electron chi connectivity index (χ2n) is 10.7. The number of hydrogen-bond donors (Lipinski definition) is 2. The fourth-order valence-corrected chi connectivity index (χ4v) is 5.20. The third-order valence-corrected chi connectivity index (χ3v) is 6.99. The smallest absolute Gasteiger partial charge is 0.407 e. The Morgan fingerprint density at radius 1 is 1.26 bits per heavy atom. The monoisotopic (exact) mass is 487 g/mol. The van der Waals surface area contributed by atoms with Crippen molar-refractivity contribution in [1.82, 2.24) is 9.72 Å². The van der Waals surface area contributed by atoms with Gasteiger partial charge in [-0.1, -0.05) is 13.3 Å². The lowest BCUT2D eigenvalue weighted by molar-refractivity contribution is 0.0478. The number of alkyl carbamates (subject to hydrolysis) is 1. The zero-order valence-corrected chi connectivity index (χ0v) is 21.0. The van der Waals surface area contributed by atoms with Crippen molar-refractivity contribution in [2.24, 2.45) is 5.92 Å². The van der Waals surface area contributed by atoms with Crippen LogP contribution in [-0.2, 0) is 4.74 Å². The molecule has 35 heavy (non-hydrogen) atoms. The van der Waals surface area contributed by atoms with Gasteiger partial charge in [-0.15, -0.1) is 0 Å². The maximum Gasteiger partial charge on any atom is 0.407 e. The third kappa shape index (κ3) is 4.99. The van der Waals surface area contributed by atoms with Crippen LogP contribution < -0.4 is 15.8 Å². The van der Waals surface area contributed by atoms with E-state index in [0.717, 1.165) is 41.8 Å². The van der Waals surface area contributed by atoms with E-state index < -0.39 is 29.0 Å². The number of carboxylic acid groups (broad SMARTS) is 1. The third-order valence-electron chi connectivity index (χ3n) is 6.99. The lowest BCUT2D eigenvalue weighted by Gasteiger charge is -2.40. The van der Waals surface area contributed by atoms with Gasteiger partial charge >= 0.3 is 12.1 Å². The molecule has 4 rings (SSSR count). The summed E-state index contributed by atoms with van der Waals surface area (Å²) in [6.45, 7) is 10.3. The van der Waals surface area contributed by atoms with Crippen LogP contribution in [0.15, 0.2) is 17.1 Å². The van der Waals surface area contributed by atoms with E-state index in [2.05, 4.69) is 12.2 Å². The van der Waals surface area contributed by atoms with Crippen LogP contribution in [0.25, 0.3) is 5.52 Å². The number of aromatic carboxylic acids is 1. The fourth-order valence-electron chi connectivity index (χ4n) is 5.20. The van der Waals surface area contributed by atoms with E-state index >= 15 is 4.39 Å². The van der Waals surface area contributed by atoms with E-state index in [-0.39, 0.29) is 23.4 Å². The second-order valence-corrected chi connectivity index (χ2v) is 10.7. The molecule has 0 aromatic carbocycles. The number of carboxylic acids is 1. The maximum atomic E-state index is 15.6. The van der Waals surface area contributed by atoms with Crippen LogP contribution in [0.5, 0.6) is 0 Å². The van der Waals surface area contributed by atoms with Gasteiger partial charge in [0.05, 0.1) is 23.4 Å². The first kappa shape index (κ1) is 25.0. The second kappa shape index (κ2) is 9.17. The Balaban J connectivity index is 1.74. The first-order valence-corrected chi connectivity index (χ1v) is 12.3. The molecule has 3 heterocycles. The molecule has 0 radical (unpaired) electrons. The van der Waals surface area contributed by atoms with Crippen molar-refractivity contribution in [2.75, 3.05) is 18.0 Å². The van der Waals surface area contributed by atoms with Gasteiger partial charge in [-0.3, -0.25) is 9.20 Å². The number of nitrogens with zero attached hydrogens (tertiary/aromatic N) is 2. The zero-order chi connectivity index (χ0) is 25.7. The first-order chi connectivity index (χ1) is 16.4. The highest BCUT2D eigenvalue weighted by Crippen LogP contribution is 2.44. The summed E-state index contributed by atoms with van der Waals surface area (Å²) in [4.78, 5) is 38.9. The van der Waals surface area contributed by atoms with Gasteiger partial charge in [0.1, 0.15) is 11.2 Å². The van der Waals surface area contributed by atoms with Crippen molar-refractivity contribution in [2.45, 2.75) is 77.9 Å².